The summed E-state index contributed by atoms with van der Waals surface area (Å²) < 4.78 is 0. The van der Waals surface area contributed by atoms with Crippen LogP contribution in [0.4, 0.5) is 0 Å². The fourth-order valence-electron chi connectivity index (χ4n) is 2.72. The van der Waals surface area contributed by atoms with Gasteiger partial charge in [0.15, 0.2) is 0 Å². The van der Waals surface area contributed by atoms with Crippen LogP contribution in [0.2, 0.25) is 0 Å². The second-order valence-corrected chi connectivity index (χ2v) is 5.12. The molecule has 0 aromatic rings. The topological polar surface area (TPSA) is 0 Å². The van der Waals surface area contributed by atoms with Gasteiger partial charge in [0.1, 0.15) is 0 Å². The van der Waals surface area contributed by atoms with Crippen LogP contribution >= 0.6 is 0 Å². The zero-order valence-corrected chi connectivity index (χ0v) is 8.97. The molecule has 0 amide bonds. The van der Waals surface area contributed by atoms with Crippen molar-refractivity contribution in [3.8, 4) is 0 Å². The third-order valence-electron chi connectivity index (χ3n) is 3.08. The van der Waals surface area contributed by atoms with Crippen molar-refractivity contribution < 1.29 is 0 Å². The summed E-state index contributed by atoms with van der Waals surface area (Å²) in [6.45, 7) is 7.11. The molecule has 0 aliphatic heterocycles. The average Bonchev–Trinajstić information content (AvgIpc) is 2.37. The summed E-state index contributed by atoms with van der Waals surface area (Å²) >= 11 is 0. The average molecular weight is 168 g/mol. The van der Waals surface area contributed by atoms with Gasteiger partial charge in [-0.2, -0.15) is 0 Å². The van der Waals surface area contributed by atoms with Crippen LogP contribution in [-0.4, -0.2) is 0 Å². The van der Waals surface area contributed by atoms with Gasteiger partial charge < -0.3 is 0 Å². The molecule has 0 N–H and O–H groups in total. The Kier molecular flexibility index (Phi) is 4.11. The van der Waals surface area contributed by atoms with Gasteiger partial charge in [-0.3, -0.25) is 0 Å². The van der Waals surface area contributed by atoms with Crippen LogP contribution in [0, 0.1) is 17.8 Å². The molecule has 1 aliphatic carbocycles. The van der Waals surface area contributed by atoms with Crippen molar-refractivity contribution >= 4 is 0 Å². The smallest absolute Gasteiger partial charge is 0.0412 e. The molecule has 1 atom stereocenters. The van der Waals surface area contributed by atoms with Crippen molar-refractivity contribution in [1.29, 1.82) is 0 Å². The maximum absolute atomic E-state index is 2.43. The van der Waals surface area contributed by atoms with Gasteiger partial charge in [-0.25, -0.2) is 0 Å². The van der Waals surface area contributed by atoms with Crippen molar-refractivity contribution in [3.63, 3.8) is 0 Å². The van der Waals surface area contributed by atoms with E-state index in [9.17, 15) is 0 Å². The highest BCUT2D eigenvalue weighted by molar-refractivity contribution is 4.70. The van der Waals surface area contributed by atoms with Crippen molar-refractivity contribution in [2.24, 2.45) is 17.8 Å². The lowest BCUT2D eigenvalue weighted by Crippen LogP contribution is -2.05. The highest BCUT2D eigenvalue weighted by Gasteiger charge is 2.17. The van der Waals surface area contributed by atoms with Crippen LogP contribution in [0.1, 0.15) is 59.3 Å². The minimum Gasteiger partial charge on any atom is -0.0628 e. The molecule has 1 saturated carbocycles. The lowest BCUT2D eigenvalue weighted by molar-refractivity contribution is 0.344. The van der Waals surface area contributed by atoms with Crippen molar-refractivity contribution in [2.45, 2.75) is 59.3 Å². The molecule has 1 aliphatic rings. The van der Waals surface area contributed by atoms with Crippen molar-refractivity contribution in [1.82, 2.24) is 0 Å². The summed E-state index contributed by atoms with van der Waals surface area (Å²) in [6, 6.07) is 0. The summed E-state index contributed by atoms with van der Waals surface area (Å²) in [5, 5.41) is 0. The number of rotatable bonds is 4. The monoisotopic (exact) mass is 168 g/mol. The van der Waals surface area contributed by atoms with Crippen LogP contribution < -0.4 is 0 Å². The minimum atomic E-state index is 0.890. The molecule has 0 saturated heterocycles. The normalized spacial score (nSPS) is 22.0. The molecule has 1 rings (SSSR count). The fourth-order valence-corrected chi connectivity index (χ4v) is 2.72. The largest absolute Gasteiger partial charge is 0.0628 e. The summed E-state index contributed by atoms with van der Waals surface area (Å²) in [6.07, 6.45) is 8.96. The number of hydrogen-bond acceptors (Lipinski definition) is 0. The molecule has 0 aromatic heterocycles. The summed E-state index contributed by atoms with van der Waals surface area (Å²) in [7, 11) is 0. The Hall–Kier alpha value is 0. The van der Waals surface area contributed by atoms with Gasteiger partial charge in [-0.1, -0.05) is 46.5 Å². The summed E-state index contributed by atoms with van der Waals surface area (Å²) in [5.41, 5.74) is 0. The highest BCUT2D eigenvalue weighted by Crippen LogP contribution is 2.31. The minimum absolute atomic E-state index is 0.890. The Morgan fingerprint density at radius 3 is 2.17 bits per heavy atom. The van der Waals surface area contributed by atoms with E-state index < -0.39 is 0 Å². The van der Waals surface area contributed by atoms with E-state index in [1.165, 1.54) is 38.5 Å². The molecule has 12 heavy (non-hydrogen) atoms. The maximum atomic E-state index is 2.43. The van der Waals surface area contributed by atoms with Gasteiger partial charge in [-0.15, -0.1) is 0 Å². The van der Waals surface area contributed by atoms with Gasteiger partial charge in [-0.05, 0) is 30.6 Å². The third kappa shape index (κ3) is 3.60. The molecule has 0 radical (unpaired) electrons. The van der Waals surface area contributed by atoms with E-state index in [0.717, 1.165) is 17.8 Å². The van der Waals surface area contributed by atoms with Gasteiger partial charge in [0.05, 0.1) is 0 Å². The van der Waals surface area contributed by atoms with E-state index in [1.54, 1.807) is 0 Å². The second-order valence-electron chi connectivity index (χ2n) is 5.12. The molecule has 1 fully saturated rings. The summed E-state index contributed by atoms with van der Waals surface area (Å²) in [4.78, 5) is 0. The van der Waals surface area contributed by atoms with Crippen molar-refractivity contribution in [3.05, 3.63) is 0 Å². The van der Waals surface area contributed by atoms with Crippen LogP contribution in [0.25, 0.3) is 0 Å². The van der Waals surface area contributed by atoms with Crippen LogP contribution in [0.15, 0.2) is 0 Å². The molecule has 0 heteroatoms. The zero-order chi connectivity index (χ0) is 8.97. The molecule has 1 unspecified atom stereocenters. The Balaban J connectivity index is 2.11. The first kappa shape index (κ1) is 10.1. The lowest BCUT2D eigenvalue weighted by atomic mass is 9.89. The predicted molar refractivity (Wildman–Crippen MR) is 55.2 cm³/mol. The highest BCUT2D eigenvalue weighted by atomic mass is 14.2. The fraction of sp³-hybridized carbons (Fsp3) is 1.00. The Morgan fingerprint density at radius 1 is 1.08 bits per heavy atom. The number of hydrogen-bond donors (Lipinski definition) is 0. The van der Waals surface area contributed by atoms with Crippen LogP contribution in [-0.2, 0) is 0 Å². The standard InChI is InChI=1S/C12H24/c1-10(2)8-11(3)9-12-6-4-5-7-12/h10-12H,4-9H2,1-3H3. The molecule has 0 nitrogen and oxygen atoms in total. The molecule has 72 valence electrons. The van der Waals surface area contributed by atoms with E-state index in [0.29, 0.717) is 0 Å². The van der Waals surface area contributed by atoms with Gasteiger partial charge in [0.25, 0.3) is 0 Å². The van der Waals surface area contributed by atoms with Gasteiger partial charge in [0.2, 0.25) is 0 Å². The van der Waals surface area contributed by atoms with Crippen molar-refractivity contribution in [2.75, 3.05) is 0 Å². The van der Waals surface area contributed by atoms with Gasteiger partial charge in [0, 0.05) is 0 Å². The SMILES string of the molecule is CC(C)CC(C)CC1CCCC1. The first-order chi connectivity index (χ1) is 5.68. The predicted octanol–water partition coefficient (Wildman–Crippen LogP) is 4.25. The van der Waals surface area contributed by atoms with E-state index in [1.807, 2.05) is 0 Å². The van der Waals surface area contributed by atoms with Crippen LogP contribution in [0.3, 0.4) is 0 Å². The Labute approximate surface area is 77.7 Å². The van der Waals surface area contributed by atoms with E-state index >= 15 is 0 Å². The molecular weight excluding hydrogens is 144 g/mol. The Bertz CT molecular complexity index is 109. The molecule has 0 bridgehead atoms. The van der Waals surface area contributed by atoms with Crippen LogP contribution in [0.5, 0.6) is 0 Å². The molecule has 0 spiro atoms. The zero-order valence-electron chi connectivity index (χ0n) is 8.97. The molecule has 0 heterocycles. The summed E-state index contributed by atoms with van der Waals surface area (Å²) in [5.74, 6) is 2.94. The molecular formula is C12H24. The maximum Gasteiger partial charge on any atom is -0.0412 e. The quantitative estimate of drug-likeness (QED) is 0.588. The van der Waals surface area contributed by atoms with E-state index in [4.69, 9.17) is 0 Å². The molecule has 0 aromatic carbocycles. The Morgan fingerprint density at radius 2 is 1.67 bits per heavy atom. The lowest BCUT2D eigenvalue weighted by Gasteiger charge is -2.17. The van der Waals surface area contributed by atoms with E-state index in [-0.39, 0.29) is 0 Å². The first-order valence-electron chi connectivity index (χ1n) is 5.68. The van der Waals surface area contributed by atoms with Gasteiger partial charge >= 0.3 is 0 Å². The first-order valence-corrected chi connectivity index (χ1v) is 5.68. The van der Waals surface area contributed by atoms with E-state index in [2.05, 4.69) is 20.8 Å². The second kappa shape index (κ2) is 4.89. The third-order valence-corrected chi connectivity index (χ3v) is 3.08.